The first kappa shape index (κ1) is 27.2. The zero-order valence-electron chi connectivity index (χ0n) is 18.9. The van der Waals surface area contributed by atoms with Gasteiger partial charge in [-0.25, -0.2) is 12.7 Å². The number of anilines is 1. The molecule has 0 saturated heterocycles. The molecule has 0 aliphatic carbocycles. The molecule has 0 atom stereocenters. The molecule has 31 heavy (non-hydrogen) atoms. The van der Waals surface area contributed by atoms with Crippen LogP contribution in [0.2, 0.25) is 0 Å². The van der Waals surface area contributed by atoms with Gasteiger partial charge in [-0.05, 0) is 43.2 Å². The highest BCUT2D eigenvalue weighted by molar-refractivity contribution is 14.0. The summed E-state index contributed by atoms with van der Waals surface area (Å²) in [5.74, 6) is 0.632. The number of rotatable bonds is 9. The number of hydrogen-bond acceptors (Lipinski definition) is 4. The van der Waals surface area contributed by atoms with E-state index in [1.807, 2.05) is 12.1 Å². The zero-order valence-corrected chi connectivity index (χ0v) is 22.1. The monoisotopic (exact) mass is 559 g/mol. The van der Waals surface area contributed by atoms with E-state index in [9.17, 15) is 8.42 Å². The first-order chi connectivity index (χ1) is 14.3. The van der Waals surface area contributed by atoms with Gasteiger partial charge in [-0.3, -0.25) is 4.99 Å². The summed E-state index contributed by atoms with van der Waals surface area (Å²) in [6, 6.07) is 15.5. The summed E-state index contributed by atoms with van der Waals surface area (Å²) >= 11 is 0. The molecule has 0 heterocycles. The average Bonchev–Trinajstić information content (AvgIpc) is 2.73. The van der Waals surface area contributed by atoms with E-state index < -0.39 is 10.0 Å². The maximum atomic E-state index is 12.6. The van der Waals surface area contributed by atoms with Gasteiger partial charge in [-0.2, -0.15) is 0 Å². The van der Waals surface area contributed by atoms with Crippen LogP contribution in [0, 0.1) is 6.92 Å². The first-order valence-electron chi connectivity index (χ1n) is 10.1. The molecule has 0 saturated carbocycles. The molecule has 0 unspecified atom stereocenters. The second-order valence-electron chi connectivity index (χ2n) is 7.17. The van der Waals surface area contributed by atoms with Crippen molar-refractivity contribution in [2.75, 3.05) is 45.7 Å². The molecule has 0 fully saturated rings. The van der Waals surface area contributed by atoms with Crippen LogP contribution in [0.15, 0.2) is 58.4 Å². The van der Waals surface area contributed by atoms with Gasteiger partial charge in [0.05, 0.1) is 4.90 Å². The quantitative estimate of drug-likeness (QED) is 0.281. The van der Waals surface area contributed by atoms with Crippen molar-refractivity contribution >= 4 is 45.6 Å². The average molecular weight is 560 g/mol. The van der Waals surface area contributed by atoms with Gasteiger partial charge >= 0.3 is 0 Å². The lowest BCUT2D eigenvalue weighted by atomic mass is 10.2. The molecule has 9 heteroatoms. The fourth-order valence-electron chi connectivity index (χ4n) is 3.10. The zero-order chi connectivity index (χ0) is 22.1. The summed E-state index contributed by atoms with van der Waals surface area (Å²) in [4.78, 5) is 6.85. The topological polar surface area (TPSA) is 77.0 Å². The van der Waals surface area contributed by atoms with E-state index in [-0.39, 0.29) is 24.0 Å². The van der Waals surface area contributed by atoms with Crippen LogP contribution in [0.1, 0.15) is 18.1 Å². The maximum Gasteiger partial charge on any atom is 0.242 e. The van der Waals surface area contributed by atoms with Crippen LogP contribution in [-0.4, -0.2) is 59.5 Å². The second kappa shape index (κ2) is 12.9. The number of hydrogen-bond donors (Lipinski definition) is 2. The van der Waals surface area contributed by atoms with E-state index in [0.717, 1.165) is 13.1 Å². The van der Waals surface area contributed by atoms with Crippen LogP contribution in [0.4, 0.5) is 5.69 Å². The Bertz CT molecular complexity index is 964. The highest BCUT2D eigenvalue weighted by Crippen LogP contribution is 2.18. The third kappa shape index (κ3) is 7.65. The lowest BCUT2D eigenvalue weighted by Crippen LogP contribution is -2.41. The number of sulfonamides is 1. The van der Waals surface area contributed by atoms with Crippen LogP contribution in [0.5, 0.6) is 0 Å². The van der Waals surface area contributed by atoms with Crippen molar-refractivity contribution in [1.29, 1.82) is 0 Å². The number of benzene rings is 2. The molecular formula is C22H34IN5O2S. The van der Waals surface area contributed by atoms with Crippen LogP contribution in [0.3, 0.4) is 0 Å². The summed E-state index contributed by atoms with van der Waals surface area (Å²) in [5.41, 5.74) is 3.14. The molecule has 0 spiro atoms. The third-order valence-corrected chi connectivity index (χ3v) is 6.74. The van der Waals surface area contributed by atoms with E-state index in [4.69, 9.17) is 0 Å². The Labute approximate surface area is 204 Å². The molecule has 0 bridgehead atoms. The Morgan fingerprint density at radius 3 is 2.39 bits per heavy atom. The predicted octanol–water partition coefficient (Wildman–Crippen LogP) is 3.05. The lowest BCUT2D eigenvalue weighted by molar-refractivity contribution is 0.519. The molecule has 7 nitrogen and oxygen atoms in total. The van der Waals surface area contributed by atoms with Gasteiger partial charge in [-0.15, -0.1) is 24.0 Å². The van der Waals surface area contributed by atoms with E-state index in [1.165, 1.54) is 29.7 Å². The summed E-state index contributed by atoms with van der Waals surface area (Å²) in [6.07, 6.45) is 0. The van der Waals surface area contributed by atoms with E-state index in [1.54, 1.807) is 19.2 Å². The molecule has 172 valence electrons. The smallest absolute Gasteiger partial charge is 0.242 e. The summed E-state index contributed by atoms with van der Waals surface area (Å²) in [6.45, 7) is 7.03. The number of aryl methyl sites for hydroxylation is 1. The molecule has 2 N–H and O–H groups in total. The first-order valence-corrected chi connectivity index (χ1v) is 11.5. The summed E-state index contributed by atoms with van der Waals surface area (Å²) in [7, 11) is 1.27. The van der Waals surface area contributed by atoms with Gasteiger partial charge in [0.25, 0.3) is 0 Å². The van der Waals surface area contributed by atoms with Crippen molar-refractivity contribution < 1.29 is 8.42 Å². The fraction of sp³-hybridized carbons (Fsp3) is 0.409. The normalized spacial score (nSPS) is 11.7. The van der Waals surface area contributed by atoms with E-state index in [0.29, 0.717) is 29.5 Å². The largest absolute Gasteiger partial charge is 0.370 e. The van der Waals surface area contributed by atoms with E-state index >= 15 is 0 Å². The summed E-state index contributed by atoms with van der Waals surface area (Å²) < 4.78 is 26.3. The summed E-state index contributed by atoms with van der Waals surface area (Å²) in [5, 5.41) is 6.52. The minimum absolute atomic E-state index is 0. The molecule has 0 aliphatic heterocycles. The molecule has 0 amide bonds. The predicted molar refractivity (Wildman–Crippen MR) is 140 cm³/mol. The van der Waals surface area contributed by atoms with Crippen LogP contribution in [-0.2, 0) is 16.6 Å². The van der Waals surface area contributed by atoms with Crippen molar-refractivity contribution in [2.24, 2.45) is 4.99 Å². The maximum absolute atomic E-state index is 12.6. The van der Waals surface area contributed by atoms with E-state index in [2.05, 4.69) is 58.6 Å². The molecule has 0 aliphatic rings. The Balaban J connectivity index is 0.00000480. The minimum Gasteiger partial charge on any atom is -0.370 e. The minimum atomic E-state index is -3.50. The van der Waals surface area contributed by atoms with Gasteiger partial charge < -0.3 is 15.5 Å². The van der Waals surface area contributed by atoms with Crippen molar-refractivity contribution in [3.05, 3.63) is 59.7 Å². The van der Waals surface area contributed by atoms with Crippen LogP contribution < -0.4 is 15.5 Å². The Hall–Kier alpha value is -1.85. The van der Waals surface area contributed by atoms with Gasteiger partial charge in [0.2, 0.25) is 10.0 Å². The Kier molecular flexibility index (Phi) is 11.3. The SMILES string of the molecule is CCN(CCNC(=NC)NCc1ccccc1S(=O)(=O)N(C)C)c1cccc(C)c1.I. The van der Waals surface area contributed by atoms with Crippen molar-refractivity contribution in [3.63, 3.8) is 0 Å². The Morgan fingerprint density at radius 2 is 1.77 bits per heavy atom. The van der Waals surface area contributed by atoms with Gasteiger partial charge in [0.15, 0.2) is 5.96 Å². The molecule has 0 aromatic heterocycles. The standard InChI is InChI=1S/C22H33N5O2S.HI/c1-6-27(20-12-9-10-18(2)16-20)15-14-24-22(23-3)25-17-19-11-7-8-13-21(19)30(28,29)26(4)5;/h7-13,16H,6,14-15,17H2,1-5H3,(H2,23,24,25);1H. The second-order valence-corrected chi connectivity index (χ2v) is 9.29. The highest BCUT2D eigenvalue weighted by atomic mass is 127. The van der Waals surface area contributed by atoms with Crippen LogP contribution >= 0.6 is 24.0 Å². The van der Waals surface area contributed by atoms with Gasteiger partial charge in [-0.1, -0.05) is 30.3 Å². The number of halogens is 1. The van der Waals surface area contributed by atoms with Crippen LogP contribution in [0.25, 0.3) is 0 Å². The van der Waals surface area contributed by atoms with Crippen molar-refractivity contribution in [1.82, 2.24) is 14.9 Å². The molecule has 2 rings (SSSR count). The third-order valence-electron chi connectivity index (χ3n) is 4.82. The number of aliphatic imine (C=N–C) groups is 1. The highest BCUT2D eigenvalue weighted by Gasteiger charge is 2.20. The van der Waals surface area contributed by atoms with Gasteiger partial charge in [0.1, 0.15) is 0 Å². The Morgan fingerprint density at radius 1 is 1.06 bits per heavy atom. The molecule has 2 aromatic rings. The van der Waals surface area contributed by atoms with Crippen molar-refractivity contribution in [2.45, 2.75) is 25.3 Å². The number of nitrogens with one attached hydrogen (secondary N) is 2. The number of guanidine groups is 1. The number of likely N-dealkylation sites (N-methyl/N-ethyl adjacent to an activating group) is 1. The van der Waals surface area contributed by atoms with Crippen molar-refractivity contribution in [3.8, 4) is 0 Å². The molecule has 2 aromatic carbocycles. The fourth-order valence-corrected chi connectivity index (χ4v) is 4.22. The number of nitrogens with zero attached hydrogens (tertiary/aromatic N) is 3. The molecular weight excluding hydrogens is 525 g/mol. The molecule has 0 radical (unpaired) electrons. The van der Waals surface area contributed by atoms with Gasteiger partial charge in [0, 0.05) is 53.0 Å². The lowest BCUT2D eigenvalue weighted by Gasteiger charge is -2.24.